The third-order valence-electron chi connectivity index (χ3n) is 0. The lowest BCUT2D eigenvalue weighted by Crippen LogP contribution is -1.22. The number of hydrogen-bond donors (Lipinski definition) is 0. The SMILES string of the molecule is O=C=O.[MgH2]. The van der Waals surface area contributed by atoms with Gasteiger partial charge in [0.1, 0.15) is 0 Å². The molecule has 0 radical (unpaired) electrons. The number of hydrogen-bond acceptors (Lipinski definition) is 2. The van der Waals surface area contributed by atoms with Gasteiger partial charge in [0.15, 0.2) is 0 Å². The molecule has 3 heteroatoms. The first-order valence-electron chi connectivity index (χ1n) is 0.408. The first-order valence-corrected chi connectivity index (χ1v) is 0.408. The van der Waals surface area contributed by atoms with Gasteiger partial charge >= 0.3 is 29.2 Å². The van der Waals surface area contributed by atoms with Gasteiger partial charge in [0.05, 0.1) is 0 Å². The molecular weight excluding hydrogens is 68.3 g/mol. The highest BCUT2D eigenvalue weighted by atomic mass is 24.3. The van der Waals surface area contributed by atoms with E-state index in [0.717, 1.165) is 0 Å². The van der Waals surface area contributed by atoms with Gasteiger partial charge in [0.2, 0.25) is 0 Å². The Balaban J connectivity index is 0. The molecule has 0 aromatic rings. The van der Waals surface area contributed by atoms with E-state index >= 15 is 0 Å². The maximum Gasteiger partial charge on any atom is 0.373 e. The van der Waals surface area contributed by atoms with Crippen molar-refractivity contribution in [3.05, 3.63) is 0 Å². The molecule has 4 heavy (non-hydrogen) atoms. The molecule has 0 bridgehead atoms. The molecule has 0 aromatic heterocycles. The largest absolute Gasteiger partial charge is 0.373 e. The second-order valence-corrected chi connectivity index (χ2v) is 0.0833. The first-order chi connectivity index (χ1) is 1.41. The van der Waals surface area contributed by atoms with Crippen molar-refractivity contribution >= 4 is 29.2 Å². The summed E-state index contributed by atoms with van der Waals surface area (Å²) >= 11 is 0. The Hall–Kier alpha value is 0.146. The Morgan fingerprint density at radius 2 is 1.25 bits per heavy atom. The van der Waals surface area contributed by atoms with Crippen molar-refractivity contribution in [1.29, 1.82) is 0 Å². The molecule has 0 aliphatic heterocycles. The first kappa shape index (κ1) is 8.91. The van der Waals surface area contributed by atoms with Crippen molar-refractivity contribution in [2.75, 3.05) is 0 Å². The van der Waals surface area contributed by atoms with Crippen LogP contribution in [0.1, 0.15) is 0 Å². The molecule has 0 heterocycles. The van der Waals surface area contributed by atoms with Gasteiger partial charge in [-0.1, -0.05) is 0 Å². The molecule has 0 saturated heterocycles. The predicted molar refractivity (Wildman–Crippen MR) is 13.6 cm³/mol. The molecule has 0 aliphatic carbocycles. The van der Waals surface area contributed by atoms with E-state index in [1.807, 2.05) is 0 Å². The summed E-state index contributed by atoms with van der Waals surface area (Å²) < 4.78 is 0. The Bertz CT molecular complexity index is 27.0. The lowest BCUT2D eigenvalue weighted by Gasteiger charge is -0.945. The predicted octanol–water partition coefficient (Wildman–Crippen LogP) is -1.50. The lowest BCUT2D eigenvalue weighted by atomic mass is 11.8. The molecule has 0 aliphatic rings. The van der Waals surface area contributed by atoms with E-state index in [0.29, 0.717) is 0 Å². The van der Waals surface area contributed by atoms with Crippen LogP contribution in [-0.4, -0.2) is 29.2 Å². The summed E-state index contributed by atoms with van der Waals surface area (Å²) in [7, 11) is 0. The smallest absolute Gasteiger partial charge is 0.186 e. The maximum absolute atomic E-state index is 8.12. The van der Waals surface area contributed by atoms with Crippen molar-refractivity contribution < 1.29 is 9.59 Å². The molecule has 2 nitrogen and oxygen atoms in total. The minimum Gasteiger partial charge on any atom is -0.186 e. The fourth-order valence-corrected chi connectivity index (χ4v) is 0. The van der Waals surface area contributed by atoms with Gasteiger partial charge in [-0.3, -0.25) is 0 Å². The topological polar surface area (TPSA) is 34.1 Å². The van der Waals surface area contributed by atoms with Crippen LogP contribution < -0.4 is 0 Å². The summed E-state index contributed by atoms with van der Waals surface area (Å²) in [6, 6.07) is 0. The molecule has 0 fully saturated rings. The molecule has 0 spiro atoms. The van der Waals surface area contributed by atoms with E-state index in [9.17, 15) is 0 Å². The van der Waals surface area contributed by atoms with Gasteiger partial charge in [-0.05, 0) is 0 Å². The van der Waals surface area contributed by atoms with Gasteiger partial charge in [0.25, 0.3) is 0 Å². The van der Waals surface area contributed by atoms with Crippen LogP contribution in [0.25, 0.3) is 0 Å². The molecule has 0 atom stereocenters. The average Bonchev–Trinajstić information content (AvgIpc) is 0.918. The van der Waals surface area contributed by atoms with Crippen LogP contribution in [0.15, 0.2) is 0 Å². The second-order valence-electron chi connectivity index (χ2n) is 0.0833. The maximum atomic E-state index is 8.12. The van der Waals surface area contributed by atoms with Crippen LogP contribution >= 0.6 is 0 Å². The van der Waals surface area contributed by atoms with Crippen LogP contribution in [0.2, 0.25) is 0 Å². The van der Waals surface area contributed by atoms with E-state index in [1.165, 1.54) is 0 Å². The zero-order valence-electron chi connectivity index (χ0n) is 1.32. The van der Waals surface area contributed by atoms with E-state index in [-0.39, 0.29) is 29.2 Å². The quantitative estimate of drug-likeness (QED) is 0.325. The summed E-state index contributed by atoms with van der Waals surface area (Å²) in [5.41, 5.74) is 0. The molecule has 20 valence electrons. The molecular formula is CH2MgO2. The summed E-state index contributed by atoms with van der Waals surface area (Å²) in [5, 5.41) is 0. The minimum absolute atomic E-state index is 0. The summed E-state index contributed by atoms with van der Waals surface area (Å²) in [6.45, 7) is 0. The minimum atomic E-state index is 0. The van der Waals surface area contributed by atoms with Crippen molar-refractivity contribution in [2.45, 2.75) is 0 Å². The Morgan fingerprint density at radius 1 is 1.25 bits per heavy atom. The normalized spacial score (nSPS) is 2.00. The molecule has 0 amide bonds. The van der Waals surface area contributed by atoms with Crippen molar-refractivity contribution in [3.63, 3.8) is 0 Å². The molecule has 0 aromatic carbocycles. The lowest BCUT2D eigenvalue weighted by molar-refractivity contribution is -0.191. The van der Waals surface area contributed by atoms with Crippen LogP contribution in [0.3, 0.4) is 0 Å². The monoisotopic (exact) mass is 70.0 g/mol. The molecule has 0 saturated carbocycles. The van der Waals surface area contributed by atoms with E-state index in [1.54, 1.807) is 0 Å². The number of carbonyl (C=O) groups excluding carboxylic acids is 2. The van der Waals surface area contributed by atoms with Crippen molar-refractivity contribution in [2.24, 2.45) is 0 Å². The van der Waals surface area contributed by atoms with Crippen LogP contribution in [-0.2, 0) is 9.59 Å². The standard InChI is InChI=1S/CO2.Mg.2H/c2-1-3;;;. The van der Waals surface area contributed by atoms with Crippen LogP contribution in [0.4, 0.5) is 0 Å². The highest BCUT2D eigenvalue weighted by Crippen LogP contribution is 0.787. The second kappa shape index (κ2) is 11.0. The van der Waals surface area contributed by atoms with Gasteiger partial charge in [0, 0.05) is 0 Å². The average molecular weight is 70.3 g/mol. The van der Waals surface area contributed by atoms with E-state index in [4.69, 9.17) is 9.59 Å². The third-order valence-corrected chi connectivity index (χ3v) is 0. The Morgan fingerprint density at radius 3 is 1.25 bits per heavy atom. The summed E-state index contributed by atoms with van der Waals surface area (Å²) in [6.07, 6.45) is 0.250. The zero-order chi connectivity index (χ0) is 2.71. The summed E-state index contributed by atoms with van der Waals surface area (Å²) in [5.74, 6) is 0. The fraction of sp³-hybridized carbons (Fsp3) is 0. The Labute approximate surface area is 39.3 Å². The van der Waals surface area contributed by atoms with E-state index in [2.05, 4.69) is 0 Å². The van der Waals surface area contributed by atoms with Gasteiger partial charge in [-0.2, -0.15) is 9.59 Å². The van der Waals surface area contributed by atoms with Crippen LogP contribution in [0.5, 0.6) is 0 Å². The molecule has 0 rings (SSSR count). The highest BCUT2D eigenvalue weighted by molar-refractivity contribution is 5.75. The molecule has 0 N–H and O–H groups in total. The van der Waals surface area contributed by atoms with Gasteiger partial charge < -0.3 is 0 Å². The van der Waals surface area contributed by atoms with Crippen molar-refractivity contribution in [1.82, 2.24) is 0 Å². The zero-order valence-corrected chi connectivity index (χ0v) is 1.32. The van der Waals surface area contributed by atoms with Crippen molar-refractivity contribution in [3.8, 4) is 0 Å². The number of rotatable bonds is 0. The fourth-order valence-electron chi connectivity index (χ4n) is 0. The van der Waals surface area contributed by atoms with E-state index < -0.39 is 0 Å². The Kier molecular flexibility index (Phi) is 24.6. The third kappa shape index (κ3) is 132. The molecule has 0 unspecified atom stereocenters. The summed E-state index contributed by atoms with van der Waals surface area (Å²) in [4.78, 5) is 16.2. The van der Waals surface area contributed by atoms with Gasteiger partial charge in [-0.15, -0.1) is 0 Å². The van der Waals surface area contributed by atoms with Crippen LogP contribution in [0, 0.1) is 0 Å². The highest BCUT2D eigenvalue weighted by Gasteiger charge is 1.13. The van der Waals surface area contributed by atoms with Gasteiger partial charge in [-0.25, -0.2) is 0 Å².